The molecule has 0 saturated heterocycles. The third kappa shape index (κ3) is 3.92. The zero-order valence-corrected chi connectivity index (χ0v) is 11.7. The van der Waals surface area contributed by atoms with Gasteiger partial charge in [-0.2, -0.15) is 0 Å². The second-order valence-electron chi connectivity index (χ2n) is 4.28. The van der Waals surface area contributed by atoms with Crippen molar-refractivity contribution in [2.45, 2.75) is 32.7 Å². The number of amides is 1. The number of hydrogen-bond donors (Lipinski definition) is 1. The number of aryl methyl sites for hydroxylation is 1. The van der Waals surface area contributed by atoms with Crippen molar-refractivity contribution in [1.29, 1.82) is 0 Å². The van der Waals surface area contributed by atoms with Gasteiger partial charge in [-0.25, -0.2) is 0 Å². The van der Waals surface area contributed by atoms with E-state index in [1.165, 1.54) is 6.07 Å². The number of benzene rings is 1. The van der Waals surface area contributed by atoms with Crippen molar-refractivity contribution >= 4 is 23.2 Å². The Kier molecular flexibility index (Phi) is 5.76. The molecule has 1 aromatic rings. The number of nitro groups is 1. The van der Waals surface area contributed by atoms with E-state index in [1.807, 2.05) is 6.92 Å². The Balaban J connectivity index is 3.00. The molecule has 0 bridgehead atoms. The fourth-order valence-electron chi connectivity index (χ4n) is 1.86. The number of halogens is 1. The first-order valence-corrected chi connectivity index (χ1v) is 6.65. The highest BCUT2D eigenvalue weighted by atomic mass is 35.5. The molecule has 6 heteroatoms. The van der Waals surface area contributed by atoms with E-state index >= 15 is 0 Å². The van der Waals surface area contributed by atoms with E-state index in [4.69, 9.17) is 11.6 Å². The summed E-state index contributed by atoms with van der Waals surface area (Å²) in [5.74, 6) is 0.0154. The van der Waals surface area contributed by atoms with Gasteiger partial charge in [-0.15, -0.1) is 11.6 Å². The van der Waals surface area contributed by atoms with Crippen LogP contribution in [0, 0.1) is 17.0 Å². The molecule has 0 spiro atoms. The number of para-hydroxylation sites is 1. The van der Waals surface area contributed by atoms with Crippen molar-refractivity contribution in [3.8, 4) is 0 Å². The van der Waals surface area contributed by atoms with Gasteiger partial charge in [-0.05, 0) is 25.8 Å². The van der Waals surface area contributed by atoms with E-state index in [9.17, 15) is 14.9 Å². The van der Waals surface area contributed by atoms with Crippen LogP contribution in [0.5, 0.6) is 0 Å². The molecule has 0 aromatic heterocycles. The van der Waals surface area contributed by atoms with Crippen molar-refractivity contribution in [2.24, 2.45) is 0 Å². The van der Waals surface area contributed by atoms with Gasteiger partial charge >= 0.3 is 0 Å². The van der Waals surface area contributed by atoms with Crippen LogP contribution in [0.25, 0.3) is 0 Å². The second kappa shape index (κ2) is 7.09. The van der Waals surface area contributed by atoms with Crippen molar-refractivity contribution < 1.29 is 9.72 Å². The molecule has 0 aliphatic carbocycles. The molecule has 0 fully saturated rings. The van der Waals surface area contributed by atoms with Gasteiger partial charge in [0.25, 0.3) is 11.6 Å². The van der Waals surface area contributed by atoms with Gasteiger partial charge in [0.2, 0.25) is 0 Å². The Hall–Kier alpha value is -1.62. The number of rotatable bonds is 6. The zero-order valence-electron chi connectivity index (χ0n) is 11.0. The summed E-state index contributed by atoms with van der Waals surface area (Å²) in [6.45, 7) is 3.55. The van der Waals surface area contributed by atoms with E-state index in [0.29, 0.717) is 17.9 Å². The molecule has 1 unspecified atom stereocenters. The monoisotopic (exact) mass is 284 g/mol. The summed E-state index contributed by atoms with van der Waals surface area (Å²) in [5, 5.41) is 13.8. The van der Waals surface area contributed by atoms with Gasteiger partial charge in [-0.1, -0.05) is 19.1 Å². The van der Waals surface area contributed by atoms with Crippen LogP contribution in [-0.2, 0) is 0 Å². The molecule has 1 amide bonds. The van der Waals surface area contributed by atoms with Crippen LogP contribution in [0.1, 0.15) is 35.7 Å². The lowest BCUT2D eigenvalue weighted by Crippen LogP contribution is -2.35. The molecule has 5 nitrogen and oxygen atoms in total. The van der Waals surface area contributed by atoms with Crippen LogP contribution < -0.4 is 5.32 Å². The fourth-order valence-corrected chi connectivity index (χ4v) is 2.12. The molecule has 104 valence electrons. The van der Waals surface area contributed by atoms with Crippen LogP contribution in [-0.4, -0.2) is 22.8 Å². The summed E-state index contributed by atoms with van der Waals surface area (Å²) >= 11 is 5.65. The van der Waals surface area contributed by atoms with Gasteiger partial charge in [0, 0.05) is 17.5 Å². The third-order valence-corrected chi connectivity index (χ3v) is 3.17. The molecule has 0 radical (unpaired) electrons. The Morgan fingerprint density at radius 1 is 1.53 bits per heavy atom. The number of carbonyl (C=O) groups is 1. The van der Waals surface area contributed by atoms with Crippen molar-refractivity contribution in [3.63, 3.8) is 0 Å². The molecule has 1 N–H and O–H groups in total. The van der Waals surface area contributed by atoms with Crippen LogP contribution in [0.2, 0.25) is 0 Å². The molecular weight excluding hydrogens is 268 g/mol. The topological polar surface area (TPSA) is 72.2 Å². The van der Waals surface area contributed by atoms with Gasteiger partial charge in [-0.3, -0.25) is 14.9 Å². The first-order valence-electron chi connectivity index (χ1n) is 6.12. The lowest BCUT2D eigenvalue weighted by Gasteiger charge is -2.15. The van der Waals surface area contributed by atoms with Gasteiger partial charge in [0.15, 0.2) is 0 Å². The molecule has 1 aromatic carbocycles. The predicted molar refractivity (Wildman–Crippen MR) is 74.7 cm³/mol. The van der Waals surface area contributed by atoms with Crippen LogP contribution >= 0.6 is 11.6 Å². The second-order valence-corrected chi connectivity index (χ2v) is 4.66. The molecule has 1 atom stereocenters. The molecule has 0 aliphatic rings. The Morgan fingerprint density at radius 3 is 2.74 bits per heavy atom. The Labute approximate surface area is 117 Å². The summed E-state index contributed by atoms with van der Waals surface area (Å²) in [5.41, 5.74) is 0.432. The number of nitrogens with zero attached hydrogens (tertiary/aromatic N) is 1. The minimum atomic E-state index is -0.521. The van der Waals surface area contributed by atoms with E-state index in [-0.39, 0.29) is 17.3 Å². The van der Waals surface area contributed by atoms with Gasteiger partial charge in [0.1, 0.15) is 5.56 Å². The maximum atomic E-state index is 12.1. The van der Waals surface area contributed by atoms with Crippen LogP contribution in [0.3, 0.4) is 0 Å². The highest BCUT2D eigenvalue weighted by Crippen LogP contribution is 2.23. The average molecular weight is 285 g/mol. The van der Waals surface area contributed by atoms with E-state index in [0.717, 1.165) is 6.42 Å². The molecule has 0 saturated carbocycles. The molecular formula is C13H17ClN2O3. The number of hydrogen-bond acceptors (Lipinski definition) is 3. The number of nitro benzene ring substituents is 1. The maximum absolute atomic E-state index is 12.1. The summed E-state index contributed by atoms with van der Waals surface area (Å²) < 4.78 is 0. The summed E-state index contributed by atoms with van der Waals surface area (Å²) in [6, 6.07) is 4.66. The van der Waals surface area contributed by atoms with Gasteiger partial charge in [0.05, 0.1) is 4.92 Å². The van der Waals surface area contributed by atoms with Crippen molar-refractivity contribution in [3.05, 3.63) is 39.4 Å². The normalized spacial score (nSPS) is 11.9. The molecule has 1 rings (SSSR count). The number of carbonyl (C=O) groups excluding carboxylic acids is 1. The van der Waals surface area contributed by atoms with E-state index < -0.39 is 10.8 Å². The lowest BCUT2D eigenvalue weighted by atomic mass is 10.1. The number of alkyl halides is 1. The maximum Gasteiger partial charge on any atom is 0.285 e. The van der Waals surface area contributed by atoms with E-state index in [2.05, 4.69) is 5.32 Å². The average Bonchev–Trinajstić information content (AvgIpc) is 2.37. The molecule has 0 heterocycles. The van der Waals surface area contributed by atoms with Gasteiger partial charge < -0.3 is 5.32 Å². The van der Waals surface area contributed by atoms with Crippen molar-refractivity contribution in [1.82, 2.24) is 5.32 Å². The fraction of sp³-hybridized carbons (Fsp3) is 0.462. The van der Waals surface area contributed by atoms with E-state index in [1.54, 1.807) is 19.1 Å². The third-order valence-electron chi connectivity index (χ3n) is 2.95. The van der Waals surface area contributed by atoms with Crippen LogP contribution in [0.15, 0.2) is 18.2 Å². The quantitative estimate of drug-likeness (QED) is 0.496. The predicted octanol–water partition coefficient (Wildman–Crippen LogP) is 3.04. The minimum Gasteiger partial charge on any atom is -0.349 e. The first kappa shape index (κ1) is 15.4. The summed E-state index contributed by atoms with van der Waals surface area (Å²) in [4.78, 5) is 22.6. The lowest BCUT2D eigenvalue weighted by molar-refractivity contribution is -0.385. The Morgan fingerprint density at radius 2 is 2.21 bits per heavy atom. The Bertz CT molecular complexity index is 477. The van der Waals surface area contributed by atoms with Crippen molar-refractivity contribution in [2.75, 3.05) is 5.88 Å². The molecule has 0 aliphatic heterocycles. The highest BCUT2D eigenvalue weighted by molar-refractivity contribution is 6.17. The number of nitrogens with one attached hydrogen (secondary N) is 1. The minimum absolute atomic E-state index is 0.0647. The standard InChI is InChI=1S/C13H17ClN2O3/c1-3-10(7-8-14)15-13(17)11-6-4-5-9(2)12(11)16(18)19/h4-6,10H,3,7-8H2,1-2H3,(H,15,17). The zero-order chi connectivity index (χ0) is 14.4. The first-order chi connectivity index (χ1) is 9.01. The molecule has 19 heavy (non-hydrogen) atoms. The largest absolute Gasteiger partial charge is 0.349 e. The van der Waals surface area contributed by atoms with Crippen LogP contribution in [0.4, 0.5) is 5.69 Å². The summed E-state index contributed by atoms with van der Waals surface area (Å²) in [7, 11) is 0. The smallest absolute Gasteiger partial charge is 0.285 e. The highest BCUT2D eigenvalue weighted by Gasteiger charge is 2.23. The summed E-state index contributed by atoms with van der Waals surface area (Å²) in [6.07, 6.45) is 1.38. The SMILES string of the molecule is CCC(CCCl)NC(=O)c1cccc(C)c1[N+](=O)[O-].